The molecule has 0 heterocycles. The van der Waals surface area contributed by atoms with Gasteiger partial charge in [0.25, 0.3) is 0 Å². The maximum atomic E-state index is 3.83. The first kappa shape index (κ1) is 10.5. The molecule has 0 aliphatic carbocycles. The summed E-state index contributed by atoms with van der Waals surface area (Å²) in [5.41, 5.74) is 2.34. The van der Waals surface area contributed by atoms with E-state index in [1.54, 1.807) is 0 Å². The molecule has 0 saturated carbocycles. The molecule has 0 saturated heterocycles. The van der Waals surface area contributed by atoms with E-state index in [4.69, 9.17) is 0 Å². The average Bonchev–Trinajstić information content (AvgIpc) is 1.90. The van der Waals surface area contributed by atoms with E-state index in [0.29, 0.717) is 0 Å². The molecule has 0 aliphatic heterocycles. The Balaban J connectivity index is -0.000000270. The van der Waals surface area contributed by atoms with Crippen LogP contribution in [-0.2, 0) is 0 Å². The van der Waals surface area contributed by atoms with Gasteiger partial charge in [0.2, 0.25) is 0 Å². The molecular weight excluding hydrogens is 245 g/mol. The van der Waals surface area contributed by atoms with Crippen molar-refractivity contribution in [3.05, 3.63) is 42.5 Å². The van der Waals surface area contributed by atoms with Gasteiger partial charge < -0.3 is 2.85 Å². The van der Waals surface area contributed by atoms with Crippen LogP contribution < -0.4 is 0 Å². The van der Waals surface area contributed by atoms with E-state index in [0.717, 1.165) is 5.57 Å². The Hall–Kier alpha value is 0.531. The van der Waals surface area contributed by atoms with Crippen LogP contribution >= 0.6 is 0 Å². The minimum absolute atomic E-state index is 0. The van der Waals surface area contributed by atoms with Gasteiger partial charge in [0.15, 0.2) is 0 Å². The summed E-state index contributed by atoms with van der Waals surface area (Å²) in [7, 11) is 0. The van der Waals surface area contributed by atoms with Crippen LogP contribution in [0.2, 0.25) is 0 Å². The van der Waals surface area contributed by atoms with Crippen molar-refractivity contribution in [3.8, 4) is 0 Å². The van der Waals surface area contributed by atoms with E-state index in [-0.39, 0.29) is 51.7 Å². The third kappa shape index (κ3) is 3.08. The SMILES string of the molecule is C=C(C)c1ccccc1.[Ba+2].[H-].[H-]. The molecule has 0 nitrogen and oxygen atoms in total. The molecule has 10 heavy (non-hydrogen) atoms. The monoisotopic (exact) mass is 258 g/mol. The summed E-state index contributed by atoms with van der Waals surface area (Å²) in [4.78, 5) is 0. The predicted octanol–water partition coefficient (Wildman–Crippen LogP) is 2.56. The van der Waals surface area contributed by atoms with Gasteiger partial charge in [0.05, 0.1) is 0 Å². The van der Waals surface area contributed by atoms with Crippen molar-refractivity contribution >= 4 is 54.5 Å². The minimum atomic E-state index is 0. The van der Waals surface area contributed by atoms with Gasteiger partial charge in [0, 0.05) is 0 Å². The Bertz CT molecular complexity index is 209. The number of hydrogen-bond acceptors (Lipinski definition) is 0. The summed E-state index contributed by atoms with van der Waals surface area (Å²) < 4.78 is 0. The molecule has 0 bridgehead atoms. The Kier molecular flexibility index (Phi) is 5.49. The van der Waals surface area contributed by atoms with Gasteiger partial charge in [-0.2, -0.15) is 0 Å². The molecule has 1 heteroatoms. The van der Waals surface area contributed by atoms with Crippen molar-refractivity contribution in [2.75, 3.05) is 0 Å². The van der Waals surface area contributed by atoms with Crippen molar-refractivity contribution in [2.24, 2.45) is 0 Å². The summed E-state index contributed by atoms with van der Waals surface area (Å²) in [5.74, 6) is 0. The maximum Gasteiger partial charge on any atom is 2.00 e. The molecule has 1 rings (SSSR count). The van der Waals surface area contributed by atoms with Gasteiger partial charge in [-0.1, -0.05) is 42.5 Å². The normalized spacial score (nSPS) is 8.10. The first-order valence-electron chi connectivity index (χ1n) is 3.01. The summed E-state index contributed by atoms with van der Waals surface area (Å²) in [5, 5.41) is 0. The quantitative estimate of drug-likeness (QED) is 0.678. The number of allylic oxidation sites excluding steroid dienone is 1. The van der Waals surface area contributed by atoms with Crippen LogP contribution in [0.3, 0.4) is 0 Å². The van der Waals surface area contributed by atoms with Crippen molar-refractivity contribution in [1.29, 1.82) is 0 Å². The minimum Gasteiger partial charge on any atom is -1.00 e. The smallest absolute Gasteiger partial charge is 1.00 e. The topological polar surface area (TPSA) is 0 Å². The Morgan fingerprint density at radius 1 is 1.30 bits per heavy atom. The van der Waals surface area contributed by atoms with Crippen LogP contribution in [0.5, 0.6) is 0 Å². The molecule has 0 amide bonds. The Labute approximate surface area is 105 Å². The molecule has 0 spiro atoms. The number of benzene rings is 1. The van der Waals surface area contributed by atoms with Gasteiger partial charge in [-0.3, -0.25) is 0 Å². The fraction of sp³-hybridized carbons (Fsp3) is 0.111. The molecule has 0 radical (unpaired) electrons. The van der Waals surface area contributed by atoms with E-state index < -0.39 is 0 Å². The van der Waals surface area contributed by atoms with Gasteiger partial charge >= 0.3 is 48.9 Å². The standard InChI is InChI=1S/C9H10.Ba.2H/c1-8(2)9-6-4-3-5-7-9;;;/h3-7H,1H2,2H3;;;/q;+2;2*-1. The van der Waals surface area contributed by atoms with E-state index >= 15 is 0 Å². The number of hydrogen-bond donors (Lipinski definition) is 0. The molecule has 0 unspecified atom stereocenters. The first-order chi connectivity index (χ1) is 4.30. The van der Waals surface area contributed by atoms with E-state index in [2.05, 4.69) is 18.7 Å². The van der Waals surface area contributed by atoms with Crippen LogP contribution in [-0.4, -0.2) is 48.9 Å². The van der Waals surface area contributed by atoms with Crippen LogP contribution in [0, 0.1) is 0 Å². The largest absolute Gasteiger partial charge is 2.00 e. The molecule has 0 fully saturated rings. The molecule has 1 aromatic carbocycles. The molecule has 0 N–H and O–H groups in total. The molecule has 0 aromatic heterocycles. The van der Waals surface area contributed by atoms with Crippen LogP contribution in [0.4, 0.5) is 0 Å². The van der Waals surface area contributed by atoms with Crippen molar-refractivity contribution in [3.63, 3.8) is 0 Å². The van der Waals surface area contributed by atoms with Crippen LogP contribution in [0.1, 0.15) is 15.3 Å². The zero-order valence-electron chi connectivity index (χ0n) is 8.30. The van der Waals surface area contributed by atoms with E-state index in [9.17, 15) is 0 Å². The zero-order chi connectivity index (χ0) is 6.69. The molecule has 1 aromatic rings. The molecular formula is C9H12Ba. The summed E-state index contributed by atoms with van der Waals surface area (Å²) in [6, 6.07) is 10.2. The van der Waals surface area contributed by atoms with Gasteiger partial charge in [-0.15, -0.1) is 0 Å². The molecule has 0 atom stereocenters. The first-order valence-corrected chi connectivity index (χ1v) is 3.01. The van der Waals surface area contributed by atoms with Crippen molar-refractivity contribution in [1.82, 2.24) is 0 Å². The van der Waals surface area contributed by atoms with Gasteiger partial charge in [-0.05, 0) is 12.5 Å². The second-order valence-corrected chi connectivity index (χ2v) is 2.15. The van der Waals surface area contributed by atoms with E-state index in [1.807, 2.05) is 25.1 Å². The summed E-state index contributed by atoms with van der Waals surface area (Å²) in [6.45, 7) is 5.83. The van der Waals surface area contributed by atoms with Gasteiger partial charge in [0.1, 0.15) is 0 Å². The second kappa shape index (κ2) is 5.22. The fourth-order valence-corrected chi connectivity index (χ4v) is 0.723. The van der Waals surface area contributed by atoms with Crippen molar-refractivity contribution in [2.45, 2.75) is 6.92 Å². The molecule has 0 aliphatic rings. The second-order valence-electron chi connectivity index (χ2n) is 2.15. The third-order valence-electron chi connectivity index (χ3n) is 1.27. The van der Waals surface area contributed by atoms with E-state index in [1.165, 1.54) is 5.56 Å². The summed E-state index contributed by atoms with van der Waals surface area (Å²) >= 11 is 0. The average molecular weight is 258 g/mol. The Morgan fingerprint density at radius 3 is 2.10 bits per heavy atom. The van der Waals surface area contributed by atoms with Crippen molar-refractivity contribution < 1.29 is 2.85 Å². The summed E-state index contributed by atoms with van der Waals surface area (Å²) in [6.07, 6.45) is 0. The molecule has 50 valence electrons. The third-order valence-corrected chi connectivity index (χ3v) is 1.27. The zero-order valence-corrected chi connectivity index (χ0v) is 10.7. The maximum absolute atomic E-state index is 3.83. The van der Waals surface area contributed by atoms with Gasteiger partial charge in [-0.25, -0.2) is 0 Å². The predicted molar refractivity (Wildman–Crippen MR) is 49.1 cm³/mol. The van der Waals surface area contributed by atoms with Crippen LogP contribution in [0.15, 0.2) is 36.9 Å². The number of rotatable bonds is 1. The Morgan fingerprint density at radius 2 is 1.80 bits per heavy atom. The van der Waals surface area contributed by atoms with Crippen LogP contribution in [0.25, 0.3) is 5.57 Å². The fourth-order valence-electron chi connectivity index (χ4n) is 0.723.